The van der Waals surface area contributed by atoms with Gasteiger partial charge in [-0.3, -0.25) is 4.79 Å². The van der Waals surface area contributed by atoms with Crippen molar-refractivity contribution >= 4 is 5.78 Å². The van der Waals surface area contributed by atoms with E-state index in [2.05, 4.69) is 27.7 Å². The van der Waals surface area contributed by atoms with Crippen molar-refractivity contribution in [1.82, 2.24) is 0 Å². The fraction of sp³-hybridized carbons (Fsp3) is 0.941. The lowest BCUT2D eigenvalue weighted by Gasteiger charge is -2.57. The summed E-state index contributed by atoms with van der Waals surface area (Å²) >= 11 is 0. The van der Waals surface area contributed by atoms with Crippen LogP contribution in [0.5, 0.6) is 0 Å². The molecule has 3 saturated carbocycles. The summed E-state index contributed by atoms with van der Waals surface area (Å²) in [7, 11) is 0. The van der Waals surface area contributed by atoms with Crippen molar-refractivity contribution in [2.75, 3.05) is 33.0 Å². The van der Waals surface area contributed by atoms with E-state index in [9.17, 15) is 76.3 Å². The quantitative estimate of drug-likeness (QED) is 0.0815. The van der Waals surface area contributed by atoms with Crippen LogP contribution in [0.15, 0.2) is 11.6 Å². The first kappa shape index (κ1) is 57.7. The molecule has 434 valence electrons. The first-order valence-corrected chi connectivity index (χ1v) is 27.1. The van der Waals surface area contributed by atoms with E-state index in [1.807, 2.05) is 6.08 Å². The molecule has 0 bridgehead atoms. The zero-order valence-corrected chi connectivity index (χ0v) is 43.1. The molecule has 0 radical (unpaired) electrons. The zero-order valence-electron chi connectivity index (χ0n) is 43.1. The number of aliphatic hydroxyl groups excluding tert-OH is 14. The highest BCUT2D eigenvalue weighted by Gasteiger charge is 2.71. The van der Waals surface area contributed by atoms with E-state index in [1.54, 1.807) is 0 Å². The van der Waals surface area contributed by atoms with Crippen LogP contribution in [-0.4, -0.2) is 257 Å². The van der Waals surface area contributed by atoms with Gasteiger partial charge in [-0.2, -0.15) is 0 Å². The standard InChI is InChI=1S/C51H80O25/c1-18-7-8-51(67-17-18)19(2)32-26(76-51)10-23-21-6-5-20-9-25(24(56)12-49(20,3)22(21)11-31(57)50(23,32)4)68-45-41(66)38(63)42(30(16-55)72-45)73-48-44(75-47-40(65)37(62)34(59)28(14-53)70-47)43(35(60)29(15-54)71-48)74-46-39(64)36(61)33(58)27(13-52)69-46/h11,18-21,23-30,32-48,52-56,58-66H,5-10,12-17H2,1-4H3. The second kappa shape index (κ2) is 22.0. The second-order valence-corrected chi connectivity index (χ2v) is 23.9. The Hall–Kier alpha value is -1.55. The van der Waals surface area contributed by atoms with Gasteiger partial charge < -0.3 is 119 Å². The molecule has 0 aromatic heterocycles. The lowest BCUT2D eigenvalue weighted by Crippen LogP contribution is -2.69. The summed E-state index contributed by atoms with van der Waals surface area (Å²) in [5, 5.41) is 152. The molecule has 32 unspecified atom stereocenters. The Bertz CT molecular complexity index is 2060. The smallest absolute Gasteiger partial charge is 0.187 e. The number of carbonyl (C=O) groups excluding carboxylic acids is 1. The molecule has 0 aromatic rings. The molecular formula is C51H80O25. The summed E-state index contributed by atoms with van der Waals surface area (Å²) in [6.45, 7) is 5.56. The predicted octanol–water partition coefficient (Wildman–Crippen LogP) is -4.84. The third-order valence-corrected chi connectivity index (χ3v) is 19.7. The summed E-state index contributed by atoms with van der Waals surface area (Å²) in [6, 6.07) is 0. The first-order chi connectivity index (χ1) is 36.0. The highest BCUT2D eigenvalue weighted by Crippen LogP contribution is 2.69. The Labute approximate surface area is 439 Å². The van der Waals surface area contributed by atoms with Gasteiger partial charge in [-0.05, 0) is 73.7 Å². The molecule has 10 aliphatic rings. The summed E-state index contributed by atoms with van der Waals surface area (Å²) in [5.41, 5.74) is -0.188. The highest BCUT2D eigenvalue weighted by atomic mass is 16.8. The van der Waals surface area contributed by atoms with Crippen LogP contribution < -0.4 is 0 Å². The first-order valence-electron chi connectivity index (χ1n) is 27.1. The highest BCUT2D eigenvalue weighted by molar-refractivity contribution is 5.97. The number of hydrogen-bond acceptors (Lipinski definition) is 25. The third-order valence-electron chi connectivity index (χ3n) is 19.7. The van der Waals surface area contributed by atoms with Crippen molar-refractivity contribution in [2.24, 2.45) is 46.3 Å². The SMILES string of the molecule is CC1CCC2(OC1)OC1CC3C4CCC5CC(OC6OC(CO)C(OC7OC(CO)C(O)C(OC8OC(CO)C(O)C(O)C8O)C7OC7OC(CO)C(O)C(O)C7O)C(O)C6O)C(O)CC5(C)C4=CC(=O)C3(C)C1C2C. The molecule has 4 aliphatic carbocycles. The average Bonchev–Trinajstić information content (AvgIpc) is 4.10. The fourth-order valence-corrected chi connectivity index (χ4v) is 15.2. The molecule has 6 aliphatic heterocycles. The van der Waals surface area contributed by atoms with Gasteiger partial charge in [-0.1, -0.05) is 33.3 Å². The molecule has 14 N–H and O–H groups in total. The Morgan fingerprint density at radius 3 is 1.72 bits per heavy atom. The molecule has 9 fully saturated rings. The van der Waals surface area contributed by atoms with Gasteiger partial charge in [0.1, 0.15) is 97.7 Å². The van der Waals surface area contributed by atoms with Gasteiger partial charge in [0, 0.05) is 23.7 Å². The van der Waals surface area contributed by atoms with E-state index in [0.717, 1.165) is 37.7 Å². The van der Waals surface area contributed by atoms with Crippen molar-refractivity contribution in [3.05, 3.63) is 11.6 Å². The summed E-state index contributed by atoms with van der Waals surface area (Å²) in [4.78, 5) is 14.6. The number of carbonyl (C=O) groups is 1. The predicted molar refractivity (Wildman–Crippen MR) is 250 cm³/mol. The van der Waals surface area contributed by atoms with Crippen LogP contribution >= 0.6 is 0 Å². The monoisotopic (exact) mass is 1090 g/mol. The summed E-state index contributed by atoms with van der Waals surface area (Å²) < 4.78 is 60.8. The maximum absolute atomic E-state index is 14.6. The van der Waals surface area contributed by atoms with Gasteiger partial charge in [0.25, 0.3) is 0 Å². The largest absolute Gasteiger partial charge is 0.394 e. The van der Waals surface area contributed by atoms with Crippen LogP contribution in [0, 0.1) is 46.3 Å². The van der Waals surface area contributed by atoms with Crippen LogP contribution in [0.1, 0.15) is 72.6 Å². The molecule has 0 aromatic carbocycles. The number of allylic oxidation sites excluding steroid dienone is 2. The molecule has 32 atom stereocenters. The molecule has 6 saturated heterocycles. The van der Waals surface area contributed by atoms with E-state index in [1.165, 1.54) is 0 Å². The van der Waals surface area contributed by atoms with Crippen molar-refractivity contribution in [3.63, 3.8) is 0 Å². The lowest BCUT2D eigenvalue weighted by atomic mass is 9.47. The third kappa shape index (κ3) is 9.49. The molecule has 10 rings (SSSR count). The van der Waals surface area contributed by atoms with Crippen molar-refractivity contribution in [1.29, 1.82) is 0 Å². The van der Waals surface area contributed by atoms with E-state index < -0.39 is 178 Å². The van der Waals surface area contributed by atoms with Crippen LogP contribution in [0.25, 0.3) is 0 Å². The van der Waals surface area contributed by atoms with Crippen molar-refractivity contribution < 1.29 is 124 Å². The maximum atomic E-state index is 14.6. The number of ketones is 1. The number of hydrogen-bond donors (Lipinski definition) is 14. The van der Waals surface area contributed by atoms with Gasteiger partial charge in [0.15, 0.2) is 36.7 Å². The molecular weight excluding hydrogens is 1010 g/mol. The maximum Gasteiger partial charge on any atom is 0.187 e. The Morgan fingerprint density at radius 2 is 1.13 bits per heavy atom. The topological polar surface area (TPSA) is 393 Å². The number of fused-ring (bicyclic) bond motifs is 7. The van der Waals surface area contributed by atoms with E-state index >= 15 is 0 Å². The van der Waals surface area contributed by atoms with Crippen LogP contribution in [0.3, 0.4) is 0 Å². The summed E-state index contributed by atoms with van der Waals surface area (Å²) in [6.07, 6.45) is -33.0. The van der Waals surface area contributed by atoms with Gasteiger partial charge in [-0.15, -0.1) is 0 Å². The molecule has 0 amide bonds. The van der Waals surface area contributed by atoms with Gasteiger partial charge in [0.05, 0.1) is 51.3 Å². The van der Waals surface area contributed by atoms with Gasteiger partial charge >= 0.3 is 0 Å². The Balaban J connectivity index is 0.849. The number of rotatable bonds is 12. The van der Waals surface area contributed by atoms with Gasteiger partial charge in [0.2, 0.25) is 0 Å². The number of aliphatic hydroxyl groups is 14. The Morgan fingerprint density at radius 1 is 0.592 bits per heavy atom. The van der Waals surface area contributed by atoms with Crippen molar-refractivity contribution in [3.8, 4) is 0 Å². The molecule has 76 heavy (non-hydrogen) atoms. The summed E-state index contributed by atoms with van der Waals surface area (Å²) in [5.74, 6) is -0.0357. The second-order valence-electron chi connectivity index (χ2n) is 23.9. The van der Waals surface area contributed by atoms with Crippen molar-refractivity contribution in [2.45, 2.75) is 220 Å². The van der Waals surface area contributed by atoms with E-state index in [0.29, 0.717) is 18.9 Å². The molecule has 6 heterocycles. The minimum absolute atomic E-state index is 0.00398. The minimum atomic E-state index is -2.08. The van der Waals surface area contributed by atoms with Crippen LogP contribution in [0.4, 0.5) is 0 Å². The lowest BCUT2D eigenvalue weighted by molar-refractivity contribution is -0.407. The van der Waals surface area contributed by atoms with E-state index in [-0.39, 0.29) is 47.9 Å². The zero-order chi connectivity index (χ0) is 54.7. The molecule has 25 nitrogen and oxygen atoms in total. The molecule has 25 heteroatoms. The van der Waals surface area contributed by atoms with Crippen LogP contribution in [0.2, 0.25) is 0 Å². The normalized spacial score (nSPS) is 56.4. The number of ether oxygens (including phenoxy) is 10. The molecule has 1 spiro atoms. The average molecular weight is 1090 g/mol. The van der Waals surface area contributed by atoms with Crippen LogP contribution in [-0.2, 0) is 52.2 Å². The Kier molecular flexibility index (Phi) is 16.7. The minimum Gasteiger partial charge on any atom is -0.394 e. The fourth-order valence-electron chi connectivity index (χ4n) is 15.2. The van der Waals surface area contributed by atoms with E-state index in [4.69, 9.17) is 47.4 Å². The van der Waals surface area contributed by atoms with Gasteiger partial charge in [-0.25, -0.2) is 0 Å².